The van der Waals surface area contributed by atoms with Gasteiger partial charge in [-0.1, -0.05) is 26.2 Å². The fourth-order valence-electron chi connectivity index (χ4n) is 2.81. The molecule has 2 aliphatic rings. The fraction of sp³-hybridized carbons (Fsp3) is 1.00. The Labute approximate surface area is 92.4 Å². The van der Waals surface area contributed by atoms with Gasteiger partial charge in [-0.25, -0.2) is 0 Å². The van der Waals surface area contributed by atoms with E-state index in [2.05, 4.69) is 24.0 Å². The van der Waals surface area contributed by atoms with Crippen molar-refractivity contribution in [3.63, 3.8) is 0 Å². The highest BCUT2D eigenvalue weighted by molar-refractivity contribution is 7.99. The zero-order valence-corrected chi connectivity index (χ0v) is 10.1. The molecule has 0 aromatic carbocycles. The topological polar surface area (TPSA) is 12.0 Å². The summed E-state index contributed by atoms with van der Waals surface area (Å²) in [6, 6.07) is 1.68. The van der Waals surface area contributed by atoms with Crippen molar-refractivity contribution in [2.24, 2.45) is 5.92 Å². The van der Waals surface area contributed by atoms with E-state index in [9.17, 15) is 0 Å². The summed E-state index contributed by atoms with van der Waals surface area (Å²) in [6.45, 7) is 2.35. The molecule has 0 amide bonds. The molecule has 0 aromatic rings. The summed E-state index contributed by atoms with van der Waals surface area (Å²) in [6.07, 6.45) is 8.59. The summed E-state index contributed by atoms with van der Waals surface area (Å²) in [5.74, 6) is 3.74. The molecule has 1 N–H and O–H groups in total. The lowest BCUT2D eigenvalue weighted by Gasteiger charge is -2.31. The monoisotopic (exact) mass is 213 g/mol. The van der Waals surface area contributed by atoms with E-state index in [1.54, 1.807) is 0 Å². The first-order chi connectivity index (χ1) is 6.88. The maximum absolute atomic E-state index is 3.86. The summed E-state index contributed by atoms with van der Waals surface area (Å²) in [4.78, 5) is 0. The largest absolute Gasteiger partial charge is 0.310 e. The fourth-order valence-corrected chi connectivity index (χ4v) is 3.98. The molecule has 2 rings (SSSR count). The van der Waals surface area contributed by atoms with Gasteiger partial charge in [-0.2, -0.15) is 11.8 Å². The lowest BCUT2D eigenvalue weighted by molar-refractivity contribution is 0.266. The summed E-state index contributed by atoms with van der Waals surface area (Å²) >= 11 is 2.11. The van der Waals surface area contributed by atoms with Gasteiger partial charge in [0.25, 0.3) is 0 Å². The number of hydrogen-bond acceptors (Lipinski definition) is 2. The van der Waals surface area contributed by atoms with Crippen LogP contribution in [0.15, 0.2) is 0 Å². The van der Waals surface area contributed by atoms with E-state index in [0.717, 1.165) is 18.0 Å². The van der Waals surface area contributed by atoms with Gasteiger partial charge in [-0.3, -0.25) is 0 Å². The minimum Gasteiger partial charge on any atom is -0.310 e. The van der Waals surface area contributed by atoms with Crippen LogP contribution in [0.25, 0.3) is 0 Å². The third kappa shape index (κ3) is 2.90. The number of nitrogens with one attached hydrogen (secondary N) is 1. The zero-order chi connectivity index (χ0) is 9.80. The second-order valence-electron chi connectivity index (χ2n) is 4.86. The van der Waals surface area contributed by atoms with Crippen LogP contribution < -0.4 is 5.32 Å². The molecule has 1 saturated heterocycles. The van der Waals surface area contributed by atoms with Crippen LogP contribution in [-0.2, 0) is 0 Å². The Hall–Kier alpha value is 0.310. The lowest BCUT2D eigenvalue weighted by Crippen LogP contribution is -2.41. The average molecular weight is 213 g/mol. The van der Waals surface area contributed by atoms with Gasteiger partial charge in [0.2, 0.25) is 0 Å². The van der Waals surface area contributed by atoms with Crippen molar-refractivity contribution in [1.29, 1.82) is 0 Å². The van der Waals surface area contributed by atoms with Crippen molar-refractivity contribution in [3.05, 3.63) is 0 Å². The van der Waals surface area contributed by atoms with E-state index < -0.39 is 0 Å². The first kappa shape index (κ1) is 10.8. The Balaban J connectivity index is 1.73. The molecule has 0 spiro atoms. The van der Waals surface area contributed by atoms with Crippen molar-refractivity contribution < 1.29 is 0 Å². The lowest BCUT2D eigenvalue weighted by atomic mass is 9.84. The van der Waals surface area contributed by atoms with E-state index in [0.29, 0.717) is 0 Å². The minimum atomic E-state index is 0.834. The molecular weight excluding hydrogens is 190 g/mol. The van der Waals surface area contributed by atoms with Crippen molar-refractivity contribution >= 4 is 11.8 Å². The molecule has 1 heterocycles. The van der Waals surface area contributed by atoms with Gasteiger partial charge in [0, 0.05) is 17.8 Å². The van der Waals surface area contributed by atoms with Crippen LogP contribution in [0, 0.1) is 5.92 Å². The smallest absolute Gasteiger partial charge is 0.0168 e. The molecule has 0 radical (unpaired) electrons. The van der Waals surface area contributed by atoms with E-state index >= 15 is 0 Å². The molecule has 0 bridgehead atoms. The molecule has 3 unspecified atom stereocenters. The molecule has 0 aromatic heterocycles. The molecule has 1 aliphatic carbocycles. The van der Waals surface area contributed by atoms with Gasteiger partial charge >= 0.3 is 0 Å². The van der Waals surface area contributed by atoms with Gasteiger partial charge in [-0.05, 0) is 30.9 Å². The third-order valence-corrected chi connectivity index (χ3v) is 4.92. The molecule has 82 valence electrons. The first-order valence-electron chi connectivity index (χ1n) is 6.22. The highest BCUT2D eigenvalue weighted by Gasteiger charge is 2.24. The van der Waals surface area contributed by atoms with Crippen LogP contribution >= 0.6 is 11.8 Å². The van der Waals surface area contributed by atoms with Gasteiger partial charge in [-0.15, -0.1) is 0 Å². The zero-order valence-electron chi connectivity index (χ0n) is 9.30. The van der Waals surface area contributed by atoms with Crippen LogP contribution in [0.1, 0.15) is 45.4 Å². The summed E-state index contributed by atoms with van der Waals surface area (Å²) in [5.41, 5.74) is 0. The van der Waals surface area contributed by atoms with Crippen LogP contribution in [0.4, 0.5) is 0 Å². The SMILES string of the molecule is CCC1CCCC(NC2CCSC2)C1. The molecule has 3 atom stereocenters. The van der Waals surface area contributed by atoms with E-state index in [1.165, 1.54) is 50.0 Å². The molecule has 1 saturated carbocycles. The molecule has 14 heavy (non-hydrogen) atoms. The average Bonchev–Trinajstić information content (AvgIpc) is 2.71. The van der Waals surface area contributed by atoms with E-state index in [-0.39, 0.29) is 0 Å². The Morgan fingerprint density at radius 1 is 1.21 bits per heavy atom. The Morgan fingerprint density at radius 3 is 2.86 bits per heavy atom. The Kier molecular flexibility index (Phi) is 4.18. The maximum atomic E-state index is 3.86. The number of hydrogen-bond donors (Lipinski definition) is 1. The van der Waals surface area contributed by atoms with Crippen LogP contribution in [0.2, 0.25) is 0 Å². The minimum absolute atomic E-state index is 0.834. The highest BCUT2D eigenvalue weighted by atomic mass is 32.2. The summed E-state index contributed by atoms with van der Waals surface area (Å²) in [5, 5.41) is 3.86. The van der Waals surface area contributed by atoms with E-state index in [4.69, 9.17) is 0 Å². The predicted octanol–water partition coefficient (Wildman–Crippen LogP) is 3.05. The molecule has 2 fully saturated rings. The standard InChI is InChI=1S/C12H23NS/c1-2-10-4-3-5-11(8-10)13-12-6-7-14-9-12/h10-13H,2-9H2,1H3. The van der Waals surface area contributed by atoms with Gasteiger partial charge < -0.3 is 5.32 Å². The van der Waals surface area contributed by atoms with Crippen LogP contribution in [-0.4, -0.2) is 23.6 Å². The van der Waals surface area contributed by atoms with Gasteiger partial charge in [0.05, 0.1) is 0 Å². The van der Waals surface area contributed by atoms with Crippen molar-refractivity contribution in [3.8, 4) is 0 Å². The second kappa shape index (κ2) is 5.41. The molecule has 2 heteroatoms. The summed E-state index contributed by atoms with van der Waals surface area (Å²) < 4.78 is 0. The van der Waals surface area contributed by atoms with Crippen molar-refractivity contribution in [2.75, 3.05) is 11.5 Å². The molecular formula is C12H23NS. The number of thioether (sulfide) groups is 1. The van der Waals surface area contributed by atoms with Crippen molar-refractivity contribution in [2.45, 2.75) is 57.5 Å². The summed E-state index contributed by atoms with van der Waals surface area (Å²) in [7, 11) is 0. The molecule has 1 aliphatic heterocycles. The van der Waals surface area contributed by atoms with Crippen LogP contribution in [0.3, 0.4) is 0 Å². The first-order valence-corrected chi connectivity index (χ1v) is 7.37. The third-order valence-electron chi connectivity index (χ3n) is 3.76. The van der Waals surface area contributed by atoms with Gasteiger partial charge in [0.1, 0.15) is 0 Å². The number of rotatable bonds is 3. The normalized spacial score (nSPS) is 38.8. The highest BCUT2D eigenvalue weighted by Crippen LogP contribution is 2.28. The van der Waals surface area contributed by atoms with E-state index in [1.807, 2.05) is 0 Å². The predicted molar refractivity (Wildman–Crippen MR) is 64.9 cm³/mol. The Bertz CT molecular complexity index is 166. The Morgan fingerprint density at radius 2 is 2.14 bits per heavy atom. The van der Waals surface area contributed by atoms with Crippen LogP contribution in [0.5, 0.6) is 0 Å². The quantitative estimate of drug-likeness (QED) is 0.773. The van der Waals surface area contributed by atoms with Gasteiger partial charge in [0.15, 0.2) is 0 Å². The maximum Gasteiger partial charge on any atom is 0.0168 e. The molecule has 1 nitrogen and oxygen atoms in total. The second-order valence-corrected chi connectivity index (χ2v) is 6.01. The van der Waals surface area contributed by atoms with Crippen molar-refractivity contribution in [1.82, 2.24) is 5.32 Å².